The normalized spacial score (nSPS) is 22.0. The Balaban J connectivity index is 0.519. The molecule has 6 amide bonds. The highest BCUT2D eigenvalue weighted by atomic mass is 32.1. The van der Waals surface area contributed by atoms with Crippen molar-refractivity contribution in [1.82, 2.24) is 61.1 Å². The fourth-order valence-electron chi connectivity index (χ4n) is 15.2. The van der Waals surface area contributed by atoms with Gasteiger partial charge in [0.05, 0.1) is 53.2 Å². The van der Waals surface area contributed by atoms with E-state index in [0.717, 1.165) is 91.7 Å². The smallest absolute Gasteiger partial charge is 0.258 e. The molecule has 2 aromatic heterocycles. The van der Waals surface area contributed by atoms with Crippen molar-refractivity contribution in [3.63, 3.8) is 0 Å². The molecule has 7 N–H and O–H groups in total. The second-order valence-corrected chi connectivity index (χ2v) is 32.1. The second kappa shape index (κ2) is 32.1. The van der Waals surface area contributed by atoms with Gasteiger partial charge in [-0.15, -0.1) is 11.3 Å². The average Bonchev–Trinajstić information content (AvgIpc) is 1.59. The number of thiazole rings is 1. The third-order valence-electron chi connectivity index (χ3n) is 21.6. The zero-order valence-electron chi connectivity index (χ0n) is 60.1. The first kappa shape index (κ1) is 74.7. The van der Waals surface area contributed by atoms with Gasteiger partial charge in [-0.2, -0.15) is 0 Å². The van der Waals surface area contributed by atoms with Gasteiger partial charge in [-0.3, -0.25) is 33.7 Å². The lowest BCUT2D eigenvalue weighted by molar-refractivity contribution is -0.145. The molecule has 1 spiro atoms. The zero-order valence-corrected chi connectivity index (χ0v) is 60.9. The summed E-state index contributed by atoms with van der Waals surface area (Å²) in [6, 6.07) is 15.8. The summed E-state index contributed by atoms with van der Waals surface area (Å²) in [5, 5.41) is 28.8. The van der Waals surface area contributed by atoms with Crippen molar-refractivity contribution in [2.75, 3.05) is 127 Å². The van der Waals surface area contributed by atoms with E-state index in [1.54, 1.807) is 43.3 Å². The number of ether oxygens (including phenoxy) is 2. The molecule has 8 heterocycles. The Morgan fingerprint density at radius 2 is 1.50 bits per heavy atom. The number of fused-ring (bicyclic) bond motifs is 1. The lowest BCUT2D eigenvalue weighted by Gasteiger charge is -2.48. The summed E-state index contributed by atoms with van der Waals surface area (Å²) < 4.78 is 58.2. The van der Waals surface area contributed by atoms with E-state index >= 15 is 8.78 Å². The summed E-state index contributed by atoms with van der Waals surface area (Å²) in [5.41, 5.74) is 3.24. The van der Waals surface area contributed by atoms with Crippen LogP contribution in [0.25, 0.3) is 10.4 Å². The first-order valence-corrected chi connectivity index (χ1v) is 37.2. The molecule has 7 aliphatic rings. The Hall–Kier alpha value is -8.02. The van der Waals surface area contributed by atoms with Gasteiger partial charge in [0.1, 0.15) is 47.4 Å². The number of likely N-dealkylation sites (tertiary alicyclic amines) is 4. The van der Waals surface area contributed by atoms with Crippen LogP contribution in [-0.2, 0) is 59.7 Å². The van der Waals surface area contributed by atoms with Crippen LogP contribution in [0.15, 0.2) is 72.5 Å². The van der Waals surface area contributed by atoms with Gasteiger partial charge in [0, 0.05) is 134 Å². The number of nitrogens with one attached hydrogen (secondary N) is 6. The van der Waals surface area contributed by atoms with Crippen LogP contribution >= 0.6 is 11.3 Å². The third kappa shape index (κ3) is 19.1. The average molecular weight is 1440 g/mol. The number of alkyl halides is 1. The Labute approximate surface area is 605 Å². The van der Waals surface area contributed by atoms with Crippen LogP contribution in [0.2, 0.25) is 0 Å². The SMILES string of the molecule is Cc1ncsc1-c1ccc(CNC(=O)[C@@H]2C[C@@H](O)CN2C(=O)[C@@H](NC(=O)C2(F)CC2)C(C)(C)C)c(OCC(=O)NCCOCCN2C[C@@H]3CN(CCC(=O)NCc4cccc(CNc5cc(N6CCC7(CC6)CN(c6cc(F)c(CN8CCC(C)(C)CC8)cc6F)CC(=O)N7)ncn5)c4)C[C@@H]3C2)c1. The van der Waals surface area contributed by atoms with Gasteiger partial charge in [0.2, 0.25) is 23.6 Å². The minimum absolute atomic E-state index is 0.00209. The van der Waals surface area contributed by atoms with Crippen molar-refractivity contribution in [3.8, 4) is 16.2 Å². The molecule has 0 radical (unpaired) electrons. The molecule has 12 rings (SSSR count). The maximum atomic E-state index is 15.8. The first-order valence-electron chi connectivity index (χ1n) is 36.4. The number of carbonyl (C=O) groups is 6. The molecule has 1 saturated carbocycles. The van der Waals surface area contributed by atoms with Crippen molar-refractivity contribution < 1.29 is 56.5 Å². The van der Waals surface area contributed by atoms with Crippen LogP contribution in [0.1, 0.15) is 114 Å². The minimum Gasteiger partial charge on any atom is -0.483 e. The van der Waals surface area contributed by atoms with Crippen molar-refractivity contribution >= 4 is 64.1 Å². The van der Waals surface area contributed by atoms with Crippen LogP contribution < -0.4 is 46.4 Å². The Kier molecular flexibility index (Phi) is 23.3. The van der Waals surface area contributed by atoms with E-state index in [0.29, 0.717) is 113 Å². The highest BCUT2D eigenvalue weighted by molar-refractivity contribution is 7.13. The molecule has 0 bridgehead atoms. The second-order valence-electron chi connectivity index (χ2n) is 31.2. The van der Waals surface area contributed by atoms with Crippen molar-refractivity contribution in [3.05, 3.63) is 112 Å². The van der Waals surface area contributed by atoms with E-state index in [2.05, 4.69) is 86.4 Å². The van der Waals surface area contributed by atoms with E-state index in [1.165, 1.54) is 34.7 Å². The molecule has 28 heteroatoms. The van der Waals surface area contributed by atoms with Crippen molar-refractivity contribution in [2.24, 2.45) is 22.7 Å². The number of aromatic nitrogens is 3. The standard InChI is InChI=1S/C75H100F3N15O9S/c1-48-67(103-47-85-48)51-10-11-52(36-82-69(98)60-31-56(94)42-93(60)70(99)68(72(2,3)4)86-71(100)75(78)13-14-75)61(30-51)102-44-66(97)79-19-26-101-27-25-90-40-54-38-89(39-55(54)41-90)20-12-64(95)81-35-50-9-7-8-49(28-50)34-80-62-33-63(84-46-83-62)91-23-17-74(18-24-91)45-92(43-65(96)87-74)59-32-57(76)53(29-58(59)77)37-88-21-15-73(5,6)16-22-88/h7-11,28-30,32-33,46-47,54-56,60,68,94H,12-27,31,34-45H2,1-6H3,(H,79,97)(H,81,95)(H,82,98)(H,86,100)(H,87,96)(H,80,83,84)/t54-,55+,56-,60+,68-/m1/s1. The number of aliphatic hydroxyl groups is 1. The molecule has 0 unspecified atom stereocenters. The molecule has 5 aromatic rings. The highest BCUT2D eigenvalue weighted by Crippen LogP contribution is 2.41. The monoisotopic (exact) mass is 1440 g/mol. The number of hydrogen-bond acceptors (Lipinski definition) is 19. The number of β-amino-alcohol motifs (C(OH)–C–C–N with tert-alkyl or cyclic N) is 1. The molecular weight excluding hydrogens is 1340 g/mol. The maximum absolute atomic E-state index is 15.8. The lowest BCUT2D eigenvalue weighted by atomic mass is 9.82. The predicted molar refractivity (Wildman–Crippen MR) is 385 cm³/mol. The summed E-state index contributed by atoms with van der Waals surface area (Å²) in [5.74, 6) is -0.707. The number of piperazine rings is 1. The summed E-state index contributed by atoms with van der Waals surface area (Å²) in [6.45, 7) is 22.0. The minimum atomic E-state index is -2.00. The highest BCUT2D eigenvalue weighted by Gasteiger charge is 2.54. The fourth-order valence-corrected chi connectivity index (χ4v) is 16.0. The van der Waals surface area contributed by atoms with E-state index in [-0.39, 0.29) is 80.9 Å². The maximum Gasteiger partial charge on any atom is 0.258 e. The quantitative estimate of drug-likeness (QED) is 0.0279. The molecule has 1 aliphatic carbocycles. The number of benzene rings is 3. The molecule has 6 aliphatic heterocycles. The van der Waals surface area contributed by atoms with E-state index in [1.807, 2.05) is 37.3 Å². The fraction of sp³-hybridized carbons (Fsp3) is 0.587. The summed E-state index contributed by atoms with van der Waals surface area (Å²) in [7, 11) is 0. The van der Waals surface area contributed by atoms with Crippen molar-refractivity contribution in [1.29, 1.82) is 0 Å². The van der Waals surface area contributed by atoms with Crippen LogP contribution in [0.3, 0.4) is 0 Å². The lowest BCUT2D eigenvalue weighted by Crippen LogP contribution is -2.66. The molecule has 103 heavy (non-hydrogen) atoms. The van der Waals surface area contributed by atoms with Gasteiger partial charge in [-0.1, -0.05) is 71.0 Å². The van der Waals surface area contributed by atoms with Gasteiger partial charge in [-0.05, 0) is 110 Å². The number of aliphatic hydroxyl groups excluding tert-OH is 1. The molecule has 24 nitrogen and oxygen atoms in total. The number of hydrogen-bond donors (Lipinski definition) is 7. The number of anilines is 3. The Morgan fingerprint density at radius 1 is 0.767 bits per heavy atom. The van der Waals surface area contributed by atoms with Gasteiger partial charge in [0.15, 0.2) is 12.3 Å². The molecule has 6 saturated heterocycles. The van der Waals surface area contributed by atoms with Gasteiger partial charge >= 0.3 is 0 Å². The Bertz CT molecular complexity index is 3860. The summed E-state index contributed by atoms with van der Waals surface area (Å²) >= 11 is 1.46. The zero-order chi connectivity index (χ0) is 72.8. The molecule has 556 valence electrons. The van der Waals surface area contributed by atoms with Gasteiger partial charge in [0.25, 0.3) is 11.8 Å². The number of rotatable bonds is 28. The number of piperidine rings is 2. The number of nitrogens with zero attached hydrogens (tertiary/aromatic N) is 9. The predicted octanol–water partition coefficient (Wildman–Crippen LogP) is 6.09. The summed E-state index contributed by atoms with van der Waals surface area (Å²) in [4.78, 5) is 107. The van der Waals surface area contributed by atoms with E-state index in [9.17, 15) is 38.3 Å². The largest absolute Gasteiger partial charge is 0.483 e. The number of amides is 6. The number of aryl methyl sites for hydroxylation is 1. The van der Waals surface area contributed by atoms with Crippen LogP contribution in [0.4, 0.5) is 30.5 Å². The summed E-state index contributed by atoms with van der Waals surface area (Å²) in [6.07, 6.45) is 4.30. The van der Waals surface area contributed by atoms with Gasteiger partial charge in [-0.25, -0.2) is 28.1 Å². The van der Waals surface area contributed by atoms with E-state index in [4.69, 9.17) is 9.47 Å². The van der Waals surface area contributed by atoms with E-state index < -0.39 is 64.2 Å². The topological polar surface area (TPSA) is 271 Å². The molecule has 7 fully saturated rings. The number of halogens is 3. The molecule has 3 aromatic carbocycles. The van der Waals surface area contributed by atoms with Crippen LogP contribution in [-0.4, -0.2) is 216 Å². The van der Waals surface area contributed by atoms with Gasteiger partial charge < -0.3 is 71.0 Å². The Morgan fingerprint density at radius 3 is 2.20 bits per heavy atom. The first-order chi connectivity index (χ1) is 49.2. The van der Waals surface area contributed by atoms with Crippen molar-refractivity contribution in [2.45, 2.75) is 148 Å². The third-order valence-corrected chi connectivity index (χ3v) is 22.6. The number of carbonyl (C=O) groups excluding carboxylic acids is 6. The molecule has 5 atom stereocenters. The molecular formula is C75H100F3N15O9S. The van der Waals surface area contributed by atoms with Crippen LogP contribution in [0, 0.1) is 41.2 Å². The van der Waals surface area contributed by atoms with Crippen LogP contribution in [0.5, 0.6) is 5.75 Å².